The molecule has 0 fully saturated rings. The van der Waals surface area contributed by atoms with E-state index in [4.69, 9.17) is 0 Å². The molecule has 0 saturated carbocycles. The summed E-state index contributed by atoms with van der Waals surface area (Å²) in [7, 11) is 0. The van der Waals surface area contributed by atoms with Crippen LogP contribution in [0.3, 0.4) is 0 Å². The van der Waals surface area contributed by atoms with Crippen molar-refractivity contribution in [3.63, 3.8) is 0 Å². The maximum Gasteiger partial charge on any atom is 0.188 e. The minimum absolute atomic E-state index is 1.03. The van der Waals surface area contributed by atoms with Gasteiger partial charge in [0.2, 0.25) is 0 Å². The highest BCUT2D eigenvalue weighted by molar-refractivity contribution is 5.24. The maximum absolute atomic E-state index is 2.35. The van der Waals surface area contributed by atoms with Gasteiger partial charge in [-0.3, -0.25) is 0 Å². The molecule has 0 aliphatic heterocycles. The molecular formula is C16H20N+. The Kier molecular flexibility index (Phi) is 3.92. The quantitative estimate of drug-likeness (QED) is 0.705. The van der Waals surface area contributed by atoms with E-state index in [1.165, 1.54) is 16.8 Å². The minimum atomic E-state index is 1.03. The van der Waals surface area contributed by atoms with E-state index in [-0.39, 0.29) is 0 Å². The molecule has 0 aliphatic carbocycles. The average Bonchev–Trinajstić information content (AvgIpc) is 2.40. The summed E-state index contributed by atoms with van der Waals surface area (Å²) >= 11 is 0. The normalized spacial score (nSPS) is 10.5. The number of hydrogen-bond donors (Lipinski definition) is 0. The monoisotopic (exact) mass is 226 g/mol. The van der Waals surface area contributed by atoms with Crippen LogP contribution >= 0.6 is 0 Å². The summed E-state index contributed by atoms with van der Waals surface area (Å²) in [4.78, 5) is 0. The SMILES string of the molecule is CCc1ccc[n+](CC)c1Cc1ccccc1. The molecule has 2 rings (SSSR count). The zero-order valence-corrected chi connectivity index (χ0v) is 10.7. The molecule has 0 atom stereocenters. The van der Waals surface area contributed by atoms with E-state index in [0.29, 0.717) is 0 Å². The lowest BCUT2D eigenvalue weighted by molar-refractivity contribution is -0.700. The van der Waals surface area contributed by atoms with E-state index in [1.807, 2.05) is 0 Å². The number of benzene rings is 1. The molecule has 0 N–H and O–H groups in total. The lowest BCUT2D eigenvalue weighted by Crippen LogP contribution is -2.38. The van der Waals surface area contributed by atoms with Gasteiger partial charge in [-0.05, 0) is 25.0 Å². The molecule has 0 spiro atoms. The first-order valence-corrected chi connectivity index (χ1v) is 6.39. The second-order valence-corrected chi connectivity index (χ2v) is 4.28. The van der Waals surface area contributed by atoms with Crippen LogP contribution in [-0.2, 0) is 19.4 Å². The molecule has 0 amide bonds. The van der Waals surface area contributed by atoms with E-state index < -0.39 is 0 Å². The topological polar surface area (TPSA) is 3.88 Å². The third-order valence-corrected chi connectivity index (χ3v) is 3.22. The van der Waals surface area contributed by atoms with Gasteiger partial charge in [0.05, 0.1) is 6.42 Å². The Morgan fingerprint density at radius 3 is 2.35 bits per heavy atom. The van der Waals surface area contributed by atoms with Gasteiger partial charge in [-0.2, -0.15) is 0 Å². The fourth-order valence-corrected chi connectivity index (χ4v) is 2.26. The van der Waals surface area contributed by atoms with Gasteiger partial charge < -0.3 is 0 Å². The molecule has 1 aromatic carbocycles. The smallest absolute Gasteiger partial charge is 0.188 e. The number of hydrogen-bond acceptors (Lipinski definition) is 0. The van der Waals surface area contributed by atoms with Crippen molar-refractivity contribution in [3.8, 4) is 0 Å². The number of pyridine rings is 1. The Morgan fingerprint density at radius 2 is 1.71 bits per heavy atom. The van der Waals surface area contributed by atoms with Gasteiger partial charge in [-0.1, -0.05) is 37.3 Å². The van der Waals surface area contributed by atoms with Crippen LogP contribution in [0.25, 0.3) is 0 Å². The molecule has 0 aliphatic rings. The lowest BCUT2D eigenvalue weighted by atomic mass is 10.0. The Labute approximate surface area is 104 Å². The molecule has 1 nitrogen and oxygen atoms in total. The third-order valence-electron chi connectivity index (χ3n) is 3.22. The van der Waals surface area contributed by atoms with E-state index in [2.05, 4.69) is 67.1 Å². The predicted molar refractivity (Wildman–Crippen MR) is 70.9 cm³/mol. The zero-order chi connectivity index (χ0) is 12.1. The van der Waals surface area contributed by atoms with Crippen LogP contribution in [0, 0.1) is 0 Å². The van der Waals surface area contributed by atoms with Gasteiger partial charge in [0, 0.05) is 11.6 Å². The second kappa shape index (κ2) is 5.62. The van der Waals surface area contributed by atoms with Gasteiger partial charge in [0.15, 0.2) is 11.9 Å². The summed E-state index contributed by atoms with van der Waals surface area (Å²) < 4.78 is 2.35. The summed E-state index contributed by atoms with van der Waals surface area (Å²) in [6.07, 6.45) is 4.30. The molecule has 1 heteroatoms. The van der Waals surface area contributed by atoms with E-state index in [0.717, 1.165) is 19.4 Å². The average molecular weight is 226 g/mol. The number of nitrogens with zero attached hydrogens (tertiary/aromatic N) is 1. The van der Waals surface area contributed by atoms with E-state index in [9.17, 15) is 0 Å². The highest BCUT2D eigenvalue weighted by Crippen LogP contribution is 2.11. The van der Waals surface area contributed by atoms with Crippen LogP contribution in [0.4, 0.5) is 0 Å². The molecular weight excluding hydrogens is 206 g/mol. The highest BCUT2D eigenvalue weighted by Gasteiger charge is 2.13. The van der Waals surface area contributed by atoms with E-state index >= 15 is 0 Å². The van der Waals surface area contributed by atoms with Crippen molar-refractivity contribution in [3.05, 3.63) is 65.5 Å². The van der Waals surface area contributed by atoms with Crippen LogP contribution < -0.4 is 4.57 Å². The molecule has 1 heterocycles. The summed E-state index contributed by atoms with van der Waals surface area (Å²) in [6, 6.07) is 15.1. The lowest BCUT2D eigenvalue weighted by Gasteiger charge is -2.07. The van der Waals surface area contributed by atoms with Crippen molar-refractivity contribution in [1.29, 1.82) is 0 Å². The Balaban J connectivity index is 2.37. The van der Waals surface area contributed by atoms with Crippen LogP contribution in [0.5, 0.6) is 0 Å². The predicted octanol–water partition coefficient (Wildman–Crippen LogP) is 3.15. The van der Waals surface area contributed by atoms with Crippen LogP contribution in [0.1, 0.15) is 30.7 Å². The Hall–Kier alpha value is -1.63. The van der Waals surface area contributed by atoms with Gasteiger partial charge >= 0.3 is 0 Å². The van der Waals surface area contributed by atoms with Gasteiger partial charge in [-0.15, -0.1) is 0 Å². The molecule has 2 aromatic rings. The fourth-order valence-electron chi connectivity index (χ4n) is 2.26. The molecule has 0 bridgehead atoms. The fraction of sp³-hybridized carbons (Fsp3) is 0.312. The summed E-state index contributed by atoms with van der Waals surface area (Å²) in [6.45, 7) is 5.47. The van der Waals surface area contributed by atoms with Crippen molar-refractivity contribution in [2.45, 2.75) is 33.2 Å². The first-order valence-electron chi connectivity index (χ1n) is 6.39. The Bertz CT molecular complexity index is 452. The van der Waals surface area contributed by atoms with Crippen molar-refractivity contribution in [2.75, 3.05) is 0 Å². The third kappa shape index (κ3) is 2.73. The first kappa shape index (κ1) is 11.8. The molecule has 0 unspecified atom stereocenters. The summed E-state index contributed by atoms with van der Waals surface area (Å²) in [5.41, 5.74) is 4.29. The first-order chi connectivity index (χ1) is 8.35. The largest absolute Gasteiger partial charge is 0.202 e. The molecule has 0 radical (unpaired) electrons. The number of rotatable bonds is 4. The van der Waals surface area contributed by atoms with Crippen molar-refractivity contribution in [2.24, 2.45) is 0 Å². The van der Waals surface area contributed by atoms with E-state index in [1.54, 1.807) is 0 Å². The molecule has 88 valence electrons. The highest BCUT2D eigenvalue weighted by atomic mass is 14.9. The van der Waals surface area contributed by atoms with Crippen LogP contribution in [0.2, 0.25) is 0 Å². The minimum Gasteiger partial charge on any atom is -0.202 e. The molecule has 1 aromatic heterocycles. The maximum atomic E-state index is 2.35. The summed E-state index contributed by atoms with van der Waals surface area (Å²) in [5, 5.41) is 0. The van der Waals surface area contributed by atoms with Crippen LogP contribution in [0.15, 0.2) is 48.7 Å². The molecule has 0 saturated heterocycles. The Morgan fingerprint density at radius 1 is 0.941 bits per heavy atom. The van der Waals surface area contributed by atoms with Gasteiger partial charge in [0.1, 0.15) is 6.54 Å². The van der Waals surface area contributed by atoms with Crippen LogP contribution in [-0.4, -0.2) is 0 Å². The number of aryl methyl sites for hydroxylation is 2. The molecule has 17 heavy (non-hydrogen) atoms. The standard InChI is InChI=1S/C16H20N/c1-3-15-11-8-12-17(4-2)16(15)13-14-9-6-5-7-10-14/h5-12H,3-4,13H2,1-2H3/q+1. The van der Waals surface area contributed by atoms with Gasteiger partial charge in [0.25, 0.3) is 0 Å². The van der Waals surface area contributed by atoms with Gasteiger partial charge in [-0.25, -0.2) is 4.57 Å². The van der Waals surface area contributed by atoms with Crippen molar-refractivity contribution < 1.29 is 4.57 Å². The second-order valence-electron chi connectivity index (χ2n) is 4.28. The zero-order valence-electron chi connectivity index (χ0n) is 10.7. The van der Waals surface area contributed by atoms with Crippen molar-refractivity contribution in [1.82, 2.24) is 0 Å². The summed E-state index contributed by atoms with van der Waals surface area (Å²) in [5.74, 6) is 0. The number of aromatic nitrogens is 1. The van der Waals surface area contributed by atoms with Crippen molar-refractivity contribution >= 4 is 0 Å².